The number of rotatable bonds is 8. The molecule has 0 amide bonds. The Morgan fingerprint density at radius 3 is 1.60 bits per heavy atom. The van der Waals surface area contributed by atoms with Crippen molar-refractivity contribution in [3.8, 4) is 0 Å². The van der Waals surface area contributed by atoms with E-state index in [0.717, 1.165) is 0 Å². The fourth-order valence-corrected chi connectivity index (χ4v) is 2.60. The minimum atomic E-state index is -1.52. The van der Waals surface area contributed by atoms with Crippen LogP contribution in [-0.4, -0.2) is 35.1 Å². The molecule has 0 bridgehead atoms. The number of carbonyl (C=O) groups is 2. The van der Waals surface area contributed by atoms with Crippen LogP contribution in [0.3, 0.4) is 0 Å². The first-order chi connectivity index (χ1) is 12.1. The molecule has 6 heteroatoms. The van der Waals surface area contributed by atoms with Crippen molar-refractivity contribution < 1.29 is 19.1 Å². The number of esters is 2. The molecule has 2 rings (SSSR count). The summed E-state index contributed by atoms with van der Waals surface area (Å²) in [7, 11) is 0. The summed E-state index contributed by atoms with van der Waals surface area (Å²) in [6.45, 7) is 3.75. The van der Waals surface area contributed by atoms with Crippen LogP contribution >= 0.6 is 0 Å². The highest BCUT2D eigenvalue weighted by Gasteiger charge is 2.49. The summed E-state index contributed by atoms with van der Waals surface area (Å²) in [6.07, 6.45) is 3.42. The monoisotopic (exact) mass is 342 g/mol. The topological polar surface area (TPSA) is 78.4 Å². The maximum absolute atomic E-state index is 12.8. The van der Waals surface area contributed by atoms with Crippen LogP contribution < -0.4 is 0 Å². The highest BCUT2D eigenvalue weighted by molar-refractivity contribution is 6.00. The van der Waals surface area contributed by atoms with Gasteiger partial charge in [0.05, 0.1) is 13.2 Å². The molecule has 0 N–H and O–H groups in total. The minimum Gasteiger partial charge on any atom is -0.465 e. The second kappa shape index (κ2) is 8.92. The van der Waals surface area contributed by atoms with Gasteiger partial charge in [-0.05, 0) is 38.1 Å². The lowest BCUT2D eigenvalue weighted by Crippen LogP contribution is -2.46. The largest absolute Gasteiger partial charge is 0.465 e. The lowest BCUT2D eigenvalue weighted by atomic mass is 9.78. The van der Waals surface area contributed by atoms with Crippen LogP contribution in [0.4, 0.5) is 0 Å². The summed E-state index contributed by atoms with van der Waals surface area (Å²) in [5, 5.41) is 0. The molecule has 0 aromatic carbocycles. The Morgan fingerprint density at radius 2 is 1.28 bits per heavy atom. The summed E-state index contributed by atoms with van der Waals surface area (Å²) in [4.78, 5) is 34.1. The molecule has 25 heavy (non-hydrogen) atoms. The third-order valence-corrected chi connectivity index (χ3v) is 3.75. The highest BCUT2D eigenvalue weighted by atomic mass is 16.6. The van der Waals surface area contributed by atoms with Gasteiger partial charge in [-0.2, -0.15) is 0 Å². The molecule has 2 aromatic rings. The van der Waals surface area contributed by atoms with E-state index in [-0.39, 0.29) is 26.1 Å². The molecule has 0 saturated heterocycles. The molecule has 0 saturated carbocycles. The van der Waals surface area contributed by atoms with Crippen LogP contribution in [0.15, 0.2) is 48.8 Å². The standard InChI is InChI=1S/C19H22N2O4/c1-3-24-17(22)19(18(23)25-4-2,13-15-9-5-7-11-20-15)14-16-10-6-8-12-21-16/h5-12H,3-4,13-14H2,1-2H3. The number of hydrogen-bond donors (Lipinski definition) is 0. The minimum absolute atomic E-state index is 0.0854. The molecule has 0 unspecified atom stereocenters. The fourth-order valence-electron chi connectivity index (χ4n) is 2.60. The number of pyridine rings is 2. The van der Waals surface area contributed by atoms with E-state index in [1.165, 1.54) is 0 Å². The Labute approximate surface area is 147 Å². The molecule has 2 aromatic heterocycles. The lowest BCUT2D eigenvalue weighted by molar-refractivity contribution is -0.172. The van der Waals surface area contributed by atoms with Gasteiger partial charge in [-0.1, -0.05) is 12.1 Å². The summed E-state index contributed by atoms with van der Waals surface area (Å²) in [6, 6.07) is 10.7. The second-order valence-electron chi connectivity index (χ2n) is 5.52. The normalized spacial score (nSPS) is 11.0. The Balaban J connectivity index is 2.47. The van der Waals surface area contributed by atoms with Crippen LogP contribution in [0.1, 0.15) is 25.2 Å². The molecule has 132 valence electrons. The third kappa shape index (κ3) is 4.62. The average molecular weight is 342 g/mol. The van der Waals surface area contributed by atoms with Gasteiger partial charge in [0, 0.05) is 36.6 Å². The SMILES string of the molecule is CCOC(=O)C(Cc1ccccn1)(Cc1ccccn1)C(=O)OCC. The molecule has 0 aliphatic rings. The van der Waals surface area contributed by atoms with Crippen LogP contribution in [0.2, 0.25) is 0 Å². The molecule has 6 nitrogen and oxygen atoms in total. The van der Waals surface area contributed by atoms with Gasteiger partial charge in [-0.15, -0.1) is 0 Å². The quantitative estimate of drug-likeness (QED) is 0.541. The Hall–Kier alpha value is -2.76. The fraction of sp³-hybridized carbons (Fsp3) is 0.368. The zero-order valence-electron chi connectivity index (χ0n) is 14.5. The second-order valence-corrected chi connectivity index (χ2v) is 5.52. The molecule has 0 spiro atoms. The van der Waals surface area contributed by atoms with Gasteiger partial charge in [0.2, 0.25) is 0 Å². The van der Waals surface area contributed by atoms with Crippen molar-refractivity contribution in [3.05, 3.63) is 60.2 Å². The number of carbonyl (C=O) groups excluding carboxylic acids is 2. The molecule has 0 atom stereocenters. The zero-order chi connectivity index (χ0) is 18.1. The van der Waals surface area contributed by atoms with E-state index in [0.29, 0.717) is 11.4 Å². The summed E-state index contributed by atoms with van der Waals surface area (Å²) < 4.78 is 10.4. The summed E-state index contributed by atoms with van der Waals surface area (Å²) >= 11 is 0. The maximum Gasteiger partial charge on any atom is 0.324 e. The molecule has 0 aliphatic carbocycles. The molecular weight excluding hydrogens is 320 g/mol. The van der Waals surface area contributed by atoms with E-state index >= 15 is 0 Å². The van der Waals surface area contributed by atoms with Crippen molar-refractivity contribution in [3.63, 3.8) is 0 Å². The third-order valence-electron chi connectivity index (χ3n) is 3.75. The van der Waals surface area contributed by atoms with E-state index in [2.05, 4.69) is 9.97 Å². The van der Waals surface area contributed by atoms with Crippen molar-refractivity contribution >= 4 is 11.9 Å². The van der Waals surface area contributed by atoms with Gasteiger partial charge in [-0.25, -0.2) is 0 Å². The van der Waals surface area contributed by atoms with Crippen LogP contribution in [0.25, 0.3) is 0 Å². The first-order valence-corrected chi connectivity index (χ1v) is 8.26. The predicted octanol–water partition coefficient (Wildman–Crippen LogP) is 2.37. The van der Waals surface area contributed by atoms with Crippen molar-refractivity contribution in [1.29, 1.82) is 0 Å². The van der Waals surface area contributed by atoms with E-state index in [4.69, 9.17) is 9.47 Å². The van der Waals surface area contributed by atoms with Gasteiger partial charge in [-0.3, -0.25) is 19.6 Å². The van der Waals surface area contributed by atoms with E-state index < -0.39 is 17.4 Å². The van der Waals surface area contributed by atoms with Crippen molar-refractivity contribution in [2.45, 2.75) is 26.7 Å². The van der Waals surface area contributed by atoms with E-state index in [9.17, 15) is 9.59 Å². The van der Waals surface area contributed by atoms with E-state index in [1.807, 2.05) is 12.1 Å². The summed E-state index contributed by atoms with van der Waals surface area (Å²) in [5.41, 5.74) is -0.298. The van der Waals surface area contributed by atoms with Crippen molar-refractivity contribution in [1.82, 2.24) is 9.97 Å². The van der Waals surface area contributed by atoms with Crippen LogP contribution in [0.5, 0.6) is 0 Å². The summed E-state index contributed by atoms with van der Waals surface area (Å²) in [5.74, 6) is -1.24. The molecule has 2 heterocycles. The zero-order valence-corrected chi connectivity index (χ0v) is 14.5. The first kappa shape index (κ1) is 18.6. The maximum atomic E-state index is 12.8. The molecule has 0 radical (unpaired) electrons. The average Bonchev–Trinajstić information content (AvgIpc) is 2.63. The lowest BCUT2D eigenvalue weighted by Gasteiger charge is -2.28. The van der Waals surface area contributed by atoms with Gasteiger partial charge in [0.25, 0.3) is 0 Å². The van der Waals surface area contributed by atoms with Crippen molar-refractivity contribution in [2.75, 3.05) is 13.2 Å². The Kier molecular flexibility index (Phi) is 6.62. The smallest absolute Gasteiger partial charge is 0.324 e. The number of nitrogens with zero attached hydrogens (tertiary/aromatic N) is 2. The number of ether oxygens (including phenoxy) is 2. The van der Waals surface area contributed by atoms with Crippen molar-refractivity contribution in [2.24, 2.45) is 5.41 Å². The van der Waals surface area contributed by atoms with Crippen LogP contribution in [-0.2, 0) is 31.9 Å². The molecular formula is C19H22N2O4. The Morgan fingerprint density at radius 1 is 0.840 bits per heavy atom. The molecule has 0 aliphatic heterocycles. The van der Waals surface area contributed by atoms with E-state index in [1.54, 1.807) is 50.5 Å². The van der Waals surface area contributed by atoms with Gasteiger partial charge >= 0.3 is 11.9 Å². The number of hydrogen-bond acceptors (Lipinski definition) is 6. The highest BCUT2D eigenvalue weighted by Crippen LogP contribution is 2.31. The van der Waals surface area contributed by atoms with Gasteiger partial charge in [0.15, 0.2) is 5.41 Å². The predicted molar refractivity (Wildman–Crippen MR) is 91.6 cm³/mol. The van der Waals surface area contributed by atoms with Gasteiger partial charge in [0.1, 0.15) is 0 Å². The van der Waals surface area contributed by atoms with Crippen LogP contribution in [0, 0.1) is 5.41 Å². The van der Waals surface area contributed by atoms with Gasteiger partial charge < -0.3 is 9.47 Å². The first-order valence-electron chi connectivity index (χ1n) is 8.26. The Bertz CT molecular complexity index is 628. The number of aromatic nitrogens is 2. The molecule has 0 fully saturated rings.